The topological polar surface area (TPSA) is 12.5 Å². The third-order valence-corrected chi connectivity index (χ3v) is 2.45. The van der Waals surface area contributed by atoms with E-state index in [0.717, 1.165) is 32.5 Å². The van der Waals surface area contributed by atoms with Crippen LogP contribution in [0.5, 0.6) is 0 Å². The van der Waals surface area contributed by atoms with Crippen LogP contribution in [0.15, 0.2) is 12.3 Å². The Hall–Kier alpha value is -0.500. The first-order valence-electron chi connectivity index (χ1n) is 4.82. The molecule has 2 nitrogen and oxygen atoms in total. The number of allylic oxidation sites excluding steroid dienone is 1. The molecule has 0 aromatic carbocycles. The number of hydrogen-bond acceptors (Lipinski definition) is 2. The molecule has 12 heavy (non-hydrogen) atoms. The molecule has 0 aromatic rings. The summed E-state index contributed by atoms with van der Waals surface area (Å²) in [7, 11) is 0. The lowest BCUT2D eigenvalue weighted by atomic mass is 10.2. The van der Waals surface area contributed by atoms with Gasteiger partial charge in [0.2, 0.25) is 0 Å². The Labute approximate surface area is 75.2 Å². The summed E-state index contributed by atoms with van der Waals surface area (Å²) in [6, 6.07) is 0. The van der Waals surface area contributed by atoms with Crippen molar-refractivity contribution in [3.8, 4) is 0 Å². The van der Waals surface area contributed by atoms with E-state index in [4.69, 9.17) is 4.74 Å². The van der Waals surface area contributed by atoms with Crippen LogP contribution in [-0.2, 0) is 4.74 Å². The van der Waals surface area contributed by atoms with E-state index in [2.05, 4.69) is 25.3 Å². The summed E-state index contributed by atoms with van der Waals surface area (Å²) >= 11 is 0. The highest BCUT2D eigenvalue weighted by atomic mass is 16.5. The summed E-state index contributed by atoms with van der Waals surface area (Å²) < 4.78 is 5.57. The van der Waals surface area contributed by atoms with Crippen molar-refractivity contribution in [3.63, 3.8) is 0 Å². The number of hydrogen-bond donors (Lipinski definition) is 0. The molecule has 1 aliphatic heterocycles. The van der Waals surface area contributed by atoms with Crippen molar-refractivity contribution >= 4 is 0 Å². The molecule has 1 heterocycles. The van der Waals surface area contributed by atoms with Crippen LogP contribution in [0.3, 0.4) is 0 Å². The van der Waals surface area contributed by atoms with Gasteiger partial charge in [0.25, 0.3) is 0 Å². The Bertz CT molecular complexity index is 156. The number of morpholine rings is 1. The zero-order chi connectivity index (χ0) is 8.97. The SMILES string of the molecule is C=C(CC)N1CCOC(CC)C1. The number of nitrogens with zero attached hydrogens (tertiary/aromatic N) is 1. The van der Waals surface area contributed by atoms with Crippen molar-refractivity contribution in [2.24, 2.45) is 0 Å². The van der Waals surface area contributed by atoms with Crippen LogP contribution in [-0.4, -0.2) is 30.7 Å². The second-order valence-corrected chi connectivity index (χ2v) is 3.27. The molecule has 0 radical (unpaired) electrons. The van der Waals surface area contributed by atoms with Crippen molar-refractivity contribution in [1.29, 1.82) is 0 Å². The monoisotopic (exact) mass is 169 g/mol. The highest BCUT2D eigenvalue weighted by molar-refractivity contribution is 4.94. The summed E-state index contributed by atoms with van der Waals surface area (Å²) in [5.74, 6) is 0. The van der Waals surface area contributed by atoms with Gasteiger partial charge in [-0.25, -0.2) is 0 Å². The van der Waals surface area contributed by atoms with Crippen molar-refractivity contribution in [2.45, 2.75) is 32.8 Å². The van der Waals surface area contributed by atoms with Crippen molar-refractivity contribution in [3.05, 3.63) is 12.3 Å². The predicted octanol–water partition coefficient (Wildman–Crippen LogP) is 2.02. The molecule has 2 heteroatoms. The van der Waals surface area contributed by atoms with E-state index in [9.17, 15) is 0 Å². The van der Waals surface area contributed by atoms with Gasteiger partial charge in [0.15, 0.2) is 0 Å². The largest absolute Gasteiger partial charge is 0.375 e. The lowest BCUT2D eigenvalue weighted by Gasteiger charge is -2.35. The Morgan fingerprint density at radius 1 is 1.58 bits per heavy atom. The summed E-state index contributed by atoms with van der Waals surface area (Å²) in [6.45, 7) is 11.3. The normalized spacial score (nSPS) is 24.2. The molecule has 1 saturated heterocycles. The summed E-state index contributed by atoms with van der Waals surface area (Å²) in [5, 5.41) is 0. The minimum atomic E-state index is 0.419. The maximum Gasteiger partial charge on any atom is 0.0748 e. The Kier molecular flexibility index (Phi) is 3.60. The van der Waals surface area contributed by atoms with Gasteiger partial charge in [0, 0.05) is 18.8 Å². The number of ether oxygens (including phenoxy) is 1. The molecule has 0 spiro atoms. The summed E-state index contributed by atoms with van der Waals surface area (Å²) in [6.07, 6.45) is 2.58. The van der Waals surface area contributed by atoms with E-state index in [1.807, 2.05) is 0 Å². The molecule has 0 N–H and O–H groups in total. The third kappa shape index (κ3) is 2.24. The van der Waals surface area contributed by atoms with E-state index in [1.54, 1.807) is 0 Å². The smallest absolute Gasteiger partial charge is 0.0748 e. The molecule has 1 rings (SSSR count). The van der Waals surface area contributed by atoms with E-state index >= 15 is 0 Å². The predicted molar refractivity (Wildman–Crippen MR) is 51.0 cm³/mol. The van der Waals surface area contributed by atoms with Gasteiger partial charge in [-0.2, -0.15) is 0 Å². The van der Waals surface area contributed by atoms with Crippen molar-refractivity contribution in [1.82, 2.24) is 4.90 Å². The van der Waals surface area contributed by atoms with Gasteiger partial charge < -0.3 is 9.64 Å². The fourth-order valence-electron chi connectivity index (χ4n) is 1.48. The van der Waals surface area contributed by atoms with Crippen LogP contribution >= 0.6 is 0 Å². The van der Waals surface area contributed by atoms with Crippen LogP contribution in [0.25, 0.3) is 0 Å². The molecule has 0 saturated carbocycles. The number of rotatable bonds is 3. The van der Waals surface area contributed by atoms with Crippen LogP contribution < -0.4 is 0 Å². The maximum absolute atomic E-state index is 5.57. The minimum Gasteiger partial charge on any atom is -0.375 e. The van der Waals surface area contributed by atoms with Crippen LogP contribution in [0.2, 0.25) is 0 Å². The molecule has 1 unspecified atom stereocenters. The Morgan fingerprint density at radius 3 is 2.92 bits per heavy atom. The van der Waals surface area contributed by atoms with Crippen molar-refractivity contribution < 1.29 is 4.74 Å². The zero-order valence-electron chi connectivity index (χ0n) is 8.18. The van der Waals surface area contributed by atoms with Crippen molar-refractivity contribution in [2.75, 3.05) is 19.7 Å². The summed E-state index contributed by atoms with van der Waals surface area (Å²) in [4.78, 5) is 2.34. The second kappa shape index (κ2) is 4.51. The van der Waals surface area contributed by atoms with Gasteiger partial charge in [0.05, 0.1) is 12.7 Å². The van der Waals surface area contributed by atoms with E-state index < -0.39 is 0 Å². The molecular weight excluding hydrogens is 150 g/mol. The second-order valence-electron chi connectivity index (χ2n) is 3.27. The molecule has 1 fully saturated rings. The van der Waals surface area contributed by atoms with E-state index in [-0.39, 0.29) is 0 Å². The maximum atomic E-state index is 5.57. The lowest BCUT2D eigenvalue weighted by Crippen LogP contribution is -2.41. The van der Waals surface area contributed by atoms with Crippen LogP contribution in [0.4, 0.5) is 0 Å². The first kappa shape index (κ1) is 9.59. The first-order valence-corrected chi connectivity index (χ1v) is 4.82. The van der Waals surface area contributed by atoms with Gasteiger partial charge in [-0.05, 0) is 12.8 Å². The molecular formula is C10H19NO. The molecule has 0 aromatic heterocycles. The molecule has 1 aliphatic rings. The van der Waals surface area contributed by atoms with Gasteiger partial charge in [0.1, 0.15) is 0 Å². The fraction of sp³-hybridized carbons (Fsp3) is 0.800. The molecule has 0 aliphatic carbocycles. The van der Waals surface area contributed by atoms with Gasteiger partial charge in [-0.15, -0.1) is 0 Å². The molecule has 1 atom stereocenters. The average molecular weight is 169 g/mol. The molecule has 70 valence electrons. The highest BCUT2D eigenvalue weighted by Crippen LogP contribution is 2.14. The van der Waals surface area contributed by atoms with Gasteiger partial charge >= 0.3 is 0 Å². The van der Waals surface area contributed by atoms with Crippen LogP contribution in [0, 0.1) is 0 Å². The van der Waals surface area contributed by atoms with E-state index in [0.29, 0.717) is 6.10 Å². The zero-order valence-corrected chi connectivity index (χ0v) is 8.18. The van der Waals surface area contributed by atoms with E-state index in [1.165, 1.54) is 5.70 Å². The Balaban J connectivity index is 2.40. The fourth-order valence-corrected chi connectivity index (χ4v) is 1.48. The standard InChI is InChI=1S/C10H19NO/c1-4-9(3)11-6-7-12-10(5-2)8-11/h10H,3-8H2,1-2H3. The highest BCUT2D eigenvalue weighted by Gasteiger charge is 2.18. The van der Waals surface area contributed by atoms with Gasteiger partial charge in [-0.3, -0.25) is 0 Å². The molecule has 0 bridgehead atoms. The van der Waals surface area contributed by atoms with Gasteiger partial charge in [-0.1, -0.05) is 20.4 Å². The average Bonchev–Trinajstić information content (AvgIpc) is 2.17. The van der Waals surface area contributed by atoms with Crippen LogP contribution in [0.1, 0.15) is 26.7 Å². The lowest BCUT2D eigenvalue weighted by molar-refractivity contribution is -0.0186. The molecule has 0 amide bonds. The first-order chi connectivity index (χ1) is 5.77. The minimum absolute atomic E-state index is 0.419. The quantitative estimate of drug-likeness (QED) is 0.641. The summed E-state index contributed by atoms with van der Waals surface area (Å²) in [5.41, 5.74) is 1.25. The Morgan fingerprint density at radius 2 is 2.33 bits per heavy atom. The third-order valence-electron chi connectivity index (χ3n) is 2.45.